The molecule has 0 saturated carbocycles. The van der Waals surface area contributed by atoms with Gasteiger partial charge < -0.3 is 15.1 Å². The summed E-state index contributed by atoms with van der Waals surface area (Å²) in [6.45, 7) is -0.159. The van der Waals surface area contributed by atoms with E-state index in [9.17, 15) is 18.0 Å². The van der Waals surface area contributed by atoms with E-state index >= 15 is 0 Å². The Morgan fingerprint density at radius 2 is 1.57 bits per heavy atom. The molecule has 0 aliphatic rings. The van der Waals surface area contributed by atoms with E-state index in [1.807, 2.05) is 30.3 Å². The molecule has 7 nitrogen and oxygen atoms in total. The highest BCUT2D eigenvalue weighted by atomic mass is 35.5. The largest absolute Gasteiger partial charge is 0.468 e. The molecule has 0 spiro atoms. The van der Waals surface area contributed by atoms with E-state index in [2.05, 4.69) is 10.6 Å². The molecule has 0 aliphatic heterocycles. The molecule has 2 aromatic carbocycles. The van der Waals surface area contributed by atoms with Crippen LogP contribution in [0.25, 0.3) is 0 Å². The highest BCUT2D eigenvalue weighted by molar-refractivity contribution is 7.91. The minimum Gasteiger partial charge on any atom is -0.468 e. The minimum absolute atomic E-state index is 0.0241. The van der Waals surface area contributed by atoms with Crippen molar-refractivity contribution in [3.8, 4) is 0 Å². The van der Waals surface area contributed by atoms with E-state index in [1.165, 1.54) is 36.6 Å². The van der Waals surface area contributed by atoms with Gasteiger partial charge in [0, 0.05) is 18.1 Å². The Hall–Kier alpha value is -3.10. The van der Waals surface area contributed by atoms with Crippen molar-refractivity contribution in [1.29, 1.82) is 0 Å². The number of carbonyl (C=O) groups excluding carboxylic acids is 2. The van der Waals surface area contributed by atoms with E-state index < -0.39 is 26.9 Å². The van der Waals surface area contributed by atoms with Crippen LogP contribution < -0.4 is 10.6 Å². The van der Waals surface area contributed by atoms with Gasteiger partial charge in [-0.1, -0.05) is 41.9 Å². The van der Waals surface area contributed by atoms with E-state index in [0.717, 1.165) is 5.56 Å². The van der Waals surface area contributed by atoms with Gasteiger partial charge in [-0.3, -0.25) is 9.59 Å². The van der Waals surface area contributed by atoms with Crippen LogP contribution in [-0.2, 0) is 26.0 Å². The number of furan rings is 1. The van der Waals surface area contributed by atoms with Gasteiger partial charge in [-0.25, -0.2) is 8.42 Å². The van der Waals surface area contributed by atoms with Crippen LogP contribution in [0, 0.1) is 0 Å². The van der Waals surface area contributed by atoms with Crippen molar-refractivity contribution in [2.45, 2.75) is 16.7 Å². The smallest absolute Gasteiger partial charge is 0.309 e. The van der Waals surface area contributed by atoms with Gasteiger partial charge in [-0.2, -0.15) is 0 Å². The summed E-state index contributed by atoms with van der Waals surface area (Å²) in [6.07, 6.45) is 1.34. The van der Waals surface area contributed by atoms with Gasteiger partial charge in [0.25, 0.3) is 0 Å². The fraction of sp³-hybridized carbons (Fsp3) is 0.143. The maximum atomic E-state index is 13.1. The molecule has 1 heterocycles. The van der Waals surface area contributed by atoms with Gasteiger partial charge in [-0.15, -0.1) is 0 Å². The summed E-state index contributed by atoms with van der Waals surface area (Å²) in [7, 11) is -3.92. The van der Waals surface area contributed by atoms with Crippen LogP contribution in [0.1, 0.15) is 16.6 Å². The second-order valence-electron chi connectivity index (χ2n) is 6.38. The molecule has 0 radical (unpaired) electrons. The van der Waals surface area contributed by atoms with Crippen LogP contribution >= 0.6 is 11.6 Å². The first kappa shape index (κ1) is 21.6. The Labute approximate surface area is 179 Å². The zero-order valence-electron chi connectivity index (χ0n) is 15.7. The van der Waals surface area contributed by atoms with Gasteiger partial charge in [0.2, 0.25) is 0 Å². The highest BCUT2D eigenvalue weighted by Gasteiger charge is 2.32. The fourth-order valence-corrected chi connectivity index (χ4v) is 4.46. The Morgan fingerprint density at radius 3 is 2.20 bits per heavy atom. The lowest BCUT2D eigenvalue weighted by atomic mass is 10.2. The Balaban J connectivity index is 1.69. The summed E-state index contributed by atoms with van der Waals surface area (Å²) in [5, 5.41) is 4.06. The van der Waals surface area contributed by atoms with Crippen LogP contribution in [0.15, 0.2) is 82.3 Å². The summed E-state index contributed by atoms with van der Waals surface area (Å²) in [4.78, 5) is 24.3. The lowest BCUT2D eigenvalue weighted by Gasteiger charge is -2.16. The van der Waals surface area contributed by atoms with E-state index in [1.54, 1.807) is 6.07 Å². The Bertz CT molecular complexity index is 1100. The maximum absolute atomic E-state index is 13.1. The van der Waals surface area contributed by atoms with Crippen molar-refractivity contribution < 1.29 is 22.4 Å². The number of benzene rings is 2. The zero-order valence-corrected chi connectivity index (χ0v) is 17.3. The molecule has 2 N–H and O–H groups in total. The number of sulfone groups is 1. The topological polar surface area (TPSA) is 105 Å². The standard InChI is InChI=1S/C21H19ClN2O5S/c22-16-8-10-17(11-9-16)30(27,28)19(18-7-4-12-29-18)14-24-21(26)20(25)23-13-15-5-2-1-3-6-15/h1-12,19H,13-14H2,(H,23,25)(H,24,26)/t19-/m1/s1. The predicted octanol–water partition coefficient (Wildman–Crippen LogP) is 2.88. The number of nitrogens with one attached hydrogen (secondary N) is 2. The Morgan fingerprint density at radius 1 is 0.900 bits per heavy atom. The molecule has 0 fully saturated rings. The van der Waals surface area contributed by atoms with Crippen LogP contribution in [0.5, 0.6) is 0 Å². The molecule has 156 valence electrons. The van der Waals surface area contributed by atoms with E-state index in [0.29, 0.717) is 5.02 Å². The van der Waals surface area contributed by atoms with Gasteiger partial charge in [-0.05, 0) is 42.0 Å². The number of rotatable bonds is 7. The summed E-state index contributed by atoms with van der Waals surface area (Å²) in [6, 6.07) is 17.8. The molecule has 0 aliphatic carbocycles. The van der Waals surface area contributed by atoms with Crippen LogP contribution in [-0.4, -0.2) is 26.8 Å². The summed E-state index contributed by atoms with van der Waals surface area (Å²) < 4.78 is 31.4. The first-order valence-electron chi connectivity index (χ1n) is 9.01. The quantitative estimate of drug-likeness (QED) is 0.543. The zero-order chi connectivity index (χ0) is 21.6. The lowest BCUT2D eigenvalue weighted by molar-refractivity contribution is -0.139. The molecule has 0 bridgehead atoms. The maximum Gasteiger partial charge on any atom is 0.309 e. The summed E-state index contributed by atoms with van der Waals surface area (Å²) in [5.41, 5.74) is 0.831. The first-order valence-corrected chi connectivity index (χ1v) is 10.9. The van der Waals surface area contributed by atoms with E-state index in [4.69, 9.17) is 16.0 Å². The van der Waals surface area contributed by atoms with Crippen molar-refractivity contribution in [1.82, 2.24) is 10.6 Å². The monoisotopic (exact) mass is 446 g/mol. The normalized spacial score (nSPS) is 12.2. The van der Waals surface area contributed by atoms with Crippen LogP contribution in [0.4, 0.5) is 0 Å². The Kier molecular flexibility index (Phi) is 6.91. The second-order valence-corrected chi connectivity index (χ2v) is 8.95. The van der Waals surface area contributed by atoms with Crippen LogP contribution in [0.2, 0.25) is 5.02 Å². The summed E-state index contributed by atoms with van der Waals surface area (Å²) >= 11 is 5.84. The molecule has 3 rings (SSSR count). The molecule has 1 aromatic heterocycles. The van der Waals surface area contributed by atoms with Gasteiger partial charge in [0.1, 0.15) is 11.0 Å². The molecule has 2 amide bonds. The number of hydrogen-bond acceptors (Lipinski definition) is 5. The molecule has 0 saturated heterocycles. The van der Waals surface area contributed by atoms with Crippen molar-refractivity contribution in [2.75, 3.05) is 6.54 Å². The van der Waals surface area contributed by atoms with E-state index in [-0.39, 0.29) is 23.7 Å². The highest BCUT2D eigenvalue weighted by Crippen LogP contribution is 2.29. The molecular weight excluding hydrogens is 428 g/mol. The lowest BCUT2D eigenvalue weighted by Crippen LogP contribution is -2.42. The number of amides is 2. The summed E-state index contributed by atoms with van der Waals surface area (Å²) in [5.74, 6) is -1.65. The van der Waals surface area contributed by atoms with Gasteiger partial charge >= 0.3 is 11.8 Å². The minimum atomic E-state index is -3.92. The van der Waals surface area contributed by atoms with Crippen molar-refractivity contribution >= 4 is 33.3 Å². The second kappa shape index (κ2) is 9.60. The van der Waals surface area contributed by atoms with Gasteiger partial charge in [0.15, 0.2) is 9.84 Å². The molecule has 30 heavy (non-hydrogen) atoms. The fourth-order valence-electron chi connectivity index (χ4n) is 2.75. The third-order valence-corrected chi connectivity index (χ3v) is 6.66. The number of halogens is 1. The van der Waals surface area contributed by atoms with Gasteiger partial charge in [0.05, 0.1) is 11.2 Å². The molecule has 0 unspecified atom stereocenters. The third-order valence-electron chi connectivity index (χ3n) is 4.33. The number of hydrogen-bond donors (Lipinski definition) is 2. The molecular formula is C21H19ClN2O5S. The first-order chi connectivity index (χ1) is 14.4. The molecule has 1 atom stereocenters. The number of carbonyl (C=O) groups is 2. The van der Waals surface area contributed by atoms with Crippen molar-refractivity contribution in [3.05, 3.63) is 89.3 Å². The molecule has 3 aromatic rings. The van der Waals surface area contributed by atoms with Crippen LogP contribution in [0.3, 0.4) is 0 Å². The van der Waals surface area contributed by atoms with Crippen molar-refractivity contribution in [3.63, 3.8) is 0 Å². The SMILES string of the molecule is O=C(NCc1ccccc1)C(=O)NC[C@H](c1ccco1)S(=O)(=O)c1ccc(Cl)cc1. The third kappa shape index (κ3) is 5.28. The van der Waals surface area contributed by atoms with Crippen molar-refractivity contribution in [2.24, 2.45) is 0 Å². The average Bonchev–Trinajstić information content (AvgIpc) is 3.27. The molecule has 9 heteroatoms. The average molecular weight is 447 g/mol. The predicted molar refractivity (Wildman–Crippen MR) is 111 cm³/mol.